The van der Waals surface area contributed by atoms with Crippen molar-refractivity contribution in [3.63, 3.8) is 0 Å². The van der Waals surface area contributed by atoms with Crippen LogP contribution in [-0.2, 0) is 17.1 Å². The molecule has 4 heterocycles. The van der Waals surface area contributed by atoms with Gasteiger partial charge in [-0.3, -0.25) is 14.3 Å². The summed E-state index contributed by atoms with van der Waals surface area (Å²) in [6.45, 7) is 1.23. The fraction of sp³-hybridized carbons (Fsp3) is 0.292. The zero-order chi connectivity index (χ0) is 22.5. The summed E-state index contributed by atoms with van der Waals surface area (Å²) in [5, 5.41) is 14.0. The van der Waals surface area contributed by atoms with Gasteiger partial charge < -0.3 is 4.90 Å². The lowest BCUT2D eigenvalue weighted by molar-refractivity contribution is -0.131. The van der Waals surface area contributed by atoms with E-state index >= 15 is 0 Å². The molecule has 1 aliphatic heterocycles. The average molecular weight is 460 g/mol. The first-order valence-corrected chi connectivity index (χ1v) is 12.1. The maximum absolute atomic E-state index is 12.5. The Hall–Kier alpha value is -3.46. The number of nitrogens with zero attached hydrogens (tertiary/aromatic N) is 7. The summed E-state index contributed by atoms with van der Waals surface area (Å²) < 4.78 is 3.86. The van der Waals surface area contributed by atoms with Crippen molar-refractivity contribution in [3.8, 4) is 11.4 Å². The lowest BCUT2D eigenvalue weighted by Gasteiger charge is -2.20. The first-order chi connectivity index (χ1) is 16.3. The summed E-state index contributed by atoms with van der Waals surface area (Å²) in [7, 11) is 0. The van der Waals surface area contributed by atoms with E-state index in [9.17, 15) is 4.79 Å². The van der Waals surface area contributed by atoms with Crippen LogP contribution < -0.4 is 0 Å². The molecule has 8 nitrogen and oxygen atoms in total. The van der Waals surface area contributed by atoms with Crippen molar-refractivity contribution in [3.05, 3.63) is 78.6 Å². The lowest BCUT2D eigenvalue weighted by Crippen LogP contribution is -2.31. The Morgan fingerprint density at radius 3 is 2.64 bits per heavy atom. The standard InChI is InChI=1S/C24H25N7OS/c32-23-7-2-1-3-14-29(23)17-22-27-28-24(31(22)21-6-4-12-25-16-21)33-18-19-8-10-20(11-9-19)30-15-5-13-26-30/h4-6,8-13,15-16H,1-3,7,14,17-18H2. The minimum atomic E-state index is 0.194. The molecule has 168 valence electrons. The number of carbonyl (C=O) groups is 1. The molecule has 0 spiro atoms. The van der Waals surface area contributed by atoms with Crippen LogP contribution in [0.25, 0.3) is 11.4 Å². The predicted octanol–water partition coefficient (Wildman–Crippen LogP) is 4.04. The van der Waals surface area contributed by atoms with Gasteiger partial charge in [-0.25, -0.2) is 4.68 Å². The second-order valence-electron chi connectivity index (χ2n) is 7.98. The molecule has 0 atom stereocenters. The van der Waals surface area contributed by atoms with E-state index in [1.807, 2.05) is 38.5 Å². The SMILES string of the molecule is O=C1CCCCCN1Cc1nnc(SCc2ccc(-n3cccn3)cc2)n1-c1cccnc1. The van der Waals surface area contributed by atoms with Gasteiger partial charge in [-0.05, 0) is 48.7 Å². The number of aromatic nitrogens is 6. The van der Waals surface area contributed by atoms with Crippen molar-refractivity contribution < 1.29 is 4.79 Å². The van der Waals surface area contributed by atoms with Crippen molar-refractivity contribution in [1.82, 2.24) is 34.4 Å². The molecule has 33 heavy (non-hydrogen) atoms. The molecule has 0 saturated carbocycles. The van der Waals surface area contributed by atoms with Crippen molar-refractivity contribution in [2.45, 2.75) is 43.1 Å². The molecule has 0 radical (unpaired) electrons. The Morgan fingerprint density at radius 1 is 0.939 bits per heavy atom. The van der Waals surface area contributed by atoms with Crippen LogP contribution in [0.3, 0.4) is 0 Å². The van der Waals surface area contributed by atoms with Gasteiger partial charge in [-0.2, -0.15) is 5.10 Å². The molecular weight excluding hydrogens is 434 g/mol. The second kappa shape index (κ2) is 9.99. The van der Waals surface area contributed by atoms with E-state index in [4.69, 9.17) is 0 Å². The van der Waals surface area contributed by atoms with Crippen LogP contribution >= 0.6 is 11.8 Å². The lowest BCUT2D eigenvalue weighted by atomic mass is 10.2. The second-order valence-corrected chi connectivity index (χ2v) is 8.92. The van der Waals surface area contributed by atoms with Crippen molar-refractivity contribution >= 4 is 17.7 Å². The van der Waals surface area contributed by atoms with Crippen LogP contribution in [-0.4, -0.2) is 46.9 Å². The number of amides is 1. The van der Waals surface area contributed by atoms with E-state index in [1.165, 1.54) is 5.56 Å². The zero-order valence-electron chi connectivity index (χ0n) is 18.2. The monoisotopic (exact) mass is 459 g/mol. The van der Waals surface area contributed by atoms with Crippen LogP contribution in [0.15, 0.2) is 72.4 Å². The summed E-state index contributed by atoms with van der Waals surface area (Å²) in [5.41, 5.74) is 3.11. The normalized spacial score (nSPS) is 14.4. The fourth-order valence-corrected chi connectivity index (χ4v) is 4.86. The maximum atomic E-state index is 12.5. The van der Waals surface area contributed by atoms with Crippen LogP contribution in [0.5, 0.6) is 0 Å². The Morgan fingerprint density at radius 2 is 1.85 bits per heavy atom. The molecule has 4 aromatic rings. The molecule has 0 aliphatic carbocycles. The molecule has 3 aromatic heterocycles. The molecule has 0 bridgehead atoms. The van der Waals surface area contributed by atoms with E-state index in [-0.39, 0.29) is 5.91 Å². The maximum Gasteiger partial charge on any atom is 0.222 e. The van der Waals surface area contributed by atoms with Gasteiger partial charge in [-0.1, -0.05) is 30.3 Å². The van der Waals surface area contributed by atoms with Gasteiger partial charge in [-0.15, -0.1) is 10.2 Å². The first kappa shape index (κ1) is 21.4. The molecule has 1 aromatic carbocycles. The van der Waals surface area contributed by atoms with Gasteiger partial charge in [0.2, 0.25) is 5.91 Å². The number of likely N-dealkylation sites (tertiary alicyclic amines) is 1. The third-order valence-electron chi connectivity index (χ3n) is 5.68. The number of hydrogen-bond acceptors (Lipinski definition) is 6. The van der Waals surface area contributed by atoms with Gasteiger partial charge in [0, 0.05) is 37.3 Å². The van der Waals surface area contributed by atoms with E-state index in [2.05, 4.69) is 44.5 Å². The van der Waals surface area contributed by atoms with Crippen LogP contribution in [0.2, 0.25) is 0 Å². The highest BCUT2D eigenvalue weighted by Gasteiger charge is 2.22. The minimum absolute atomic E-state index is 0.194. The largest absolute Gasteiger partial charge is 0.335 e. The Balaban J connectivity index is 1.36. The summed E-state index contributed by atoms with van der Waals surface area (Å²) in [5.74, 6) is 1.70. The number of pyridine rings is 1. The number of rotatable bonds is 7. The van der Waals surface area contributed by atoms with E-state index in [0.29, 0.717) is 13.0 Å². The van der Waals surface area contributed by atoms with Crippen LogP contribution in [0, 0.1) is 0 Å². The third-order valence-corrected chi connectivity index (χ3v) is 6.68. The minimum Gasteiger partial charge on any atom is -0.335 e. The quantitative estimate of drug-likeness (QED) is 0.388. The van der Waals surface area contributed by atoms with Gasteiger partial charge in [0.25, 0.3) is 0 Å². The molecule has 1 saturated heterocycles. The van der Waals surface area contributed by atoms with Crippen molar-refractivity contribution in [2.24, 2.45) is 0 Å². The summed E-state index contributed by atoms with van der Waals surface area (Å²) >= 11 is 1.62. The first-order valence-electron chi connectivity index (χ1n) is 11.1. The molecule has 9 heteroatoms. The summed E-state index contributed by atoms with van der Waals surface area (Å²) in [6.07, 6.45) is 10.9. The molecule has 5 rings (SSSR count). The van der Waals surface area contributed by atoms with Gasteiger partial charge >= 0.3 is 0 Å². The van der Waals surface area contributed by atoms with E-state index in [0.717, 1.165) is 53.9 Å². The molecule has 1 fully saturated rings. The molecule has 1 aliphatic rings. The Kier molecular flexibility index (Phi) is 6.48. The molecule has 0 N–H and O–H groups in total. The highest BCUT2D eigenvalue weighted by molar-refractivity contribution is 7.98. The van der Waals surface area contributed by atoms with Crippen molar-refractivity contribution in [2.75, 3.05) is 6.54 Å². The summed E-state index contributed by atoms with van der Waals surface area (Å²) in [4.78, 5) is 18.7. The van der Waals surface area contributed by atoms with E-state index < -0.39 is 0 Å². The van der Waals surface area contributed by atoms with Gasteiger partial charge in [0.15, 0.2) is 11.0 Å². The Labute approximate surface area is 196 Å². The number of benzene rings is 1. The smallest absolute Gasteiger partial charge is 0.222 e. The number of carbonyl (C=O) groups excluding carboxylic acids is 1. The van der Waals surface area contributed by atoms with Gasteiger partial charge in [0.05, 0.1) is 24.1 Å². The average Bonchev–Trinajstić information content (AvgIpc) is 3.48. The van der Waals surface area contributed by atoms with Gasteiger partial charge in [0.1, 0.15) is 0 Å². The van der Waals surface area contributed by atoms with E-state index in [1.54, 1.807) is 30.4 Å². The zero-order valence-corrected chi connectivity index (χ0v) is 19.1. The summed E-state index contributed by atoms with van der Waals surface area (Å²) in [6, 6.07) is 14.1. The van der Waals surface area contributed by atoms with Crippen molar-refractivity contribution in [1.29, 1.82) is 0 Å². The molecule has 0 unspecified atom stereocenters. The molecular formula is C24H25N7OS. The van der Waals surface area contributed by atoms with Crippen LogP contribution in [0.4, 0.5) is 0 Å². The highest BCUT2D eigenvalue weighted by Crippen LogP contribution is 2.26. The third kappa shape index (κ3) is 4.98. The number of hydrogen-bond donors (Lipinski definition) is 0. The van der Waals surface area contributed by atoms with Crippen LogP contribution in [0.1, 0.15) is 37.1 Å². The fourth-order valence-electron chi connectivity index (χ4n) is 3.93. The molecule has 1 amide bonds. The number of thioether (sulfide) groups is 1. The topological polar surface area (TPSA) is 81.7 Å². The predicted molar refractivity (Wildman–Crippen MR) is 126 cm³/mol. The highest BCUT2D eigenvalue weighted by atomic mass is 32.2. The Bertz CT molecular complexity index is 1190.